The van der Waals surface area contributed by atoms with Crippen molar-refractivity contribution in [2.75, 3.05) is 6.61 Å². The molecule has 0 radical (unpaired) electrons. The summed E-state index contributed by atoms with van der Waals surface area (Å²) in [5, 5.41) is 8.76. The van der Waals surface area contributed by atoms with Crippen LogP contribution in [0.15, 0.2) is 35.2 Å². The lowest BCUT2D eigenvalue weighted by molar-refractivity contribution is -0.139. The van der Waals surface area contributed by atoms with E-state index in [1.165, 1.54) is 0 Å². The van der Waals surface area contributed by atoms with Crippen molar-refractivity contribution in [2.24, 2.45) is 0 Å². The van der Waals surface area contributed by atoms with Gasteiger partial charge in [0.2, 0.25) is 10.0 Å². The van der Waals surface area contributed by atoms with Crippen LogP contribution in [0.25, 0.3) is 0 Å². The Bertz CT molecular complexity index is 1120. The van der Waals surface area contributed by atoms with E-state index < -0.39 is 56.9 Å². The van der Waals surface area contributed by atoms with E-state index in [9.17, 15) is 35.2 Å². The molecule has 31 heavy (non-hydrogen) atoms. The predicted molar refractivity (Wildman–Crippen MR) is 96.9 cm³/mol. The monoisotopic (exact) mass is 465 g/mol. The summed E-state index contributed by atoms with van der Waals surface area (Å²) < 4.78 is 99.2. The van der Waals surface area contributed by atoms with E-state index in [1.807, 2.05) is 0 Å². The number of carbonyl (C=O) groups is 1. The molecule has 0 fully saturated rings. The highest BCUT2D eigenvalue weighted by molar-refractivity contribution is 7.89. The van der Waals surface area contributed by atoms with E-state index in [0.29, 0.717) is 30.5 Å². The molecule has 2 aromatic rings. The van der Waals surface area contributed by atoms with Gasteiger partial charge in [0.1, 0.15) is 17.4 Å². The molecular weight excluding hydrogens is 449 g/mol. The summed E-state index contributed by atoms with van der Waals surface area (Å²) >= 11 is 0. The van der Waals surface area contributed by atoms with Crippen molar-refractivity contribution in [3.63, 3.8) is 0 Å². The van der Waals surface area contributed by atoms with Gasteiger partial charge in [0.15, 0.2) is 6.61 Å². The minimum Gasteiger partial charge on any atom is -0.482 e. The number of benzene rings is 2. The molecule has 0 bridgehead atoms. The minimum atomic E-state index is -4.96. The Kier molecular flexibility index (Phi) is 6.23. The van der Waals surface area contributed by atoms with Gasteiger partial charge in [-0.1, -0.05) is 0 Å². The molecule has 2 aromatic carbocycles. The molecule has 3 rings (SSSR count). The molecule has 1 unspecified atom stereocenters. The van der Waals surface area contributed by atoms with Gasteiger partial charge in [0, 0.05) is 12.1 Å². The van der Waals surface area contributed by atoms with E-state index in [-0.39, 0.29) is 23.8 Å². The van der Waals surface area contributed by atoms with Crippen LogP contribution in [0.3, 0.4) is 0 Å². The van der Waals surface area contributed by atoms with Gasteiger partial charge in [-0.3, -0.25) is 0 Å². The van der Waals surface area contributed by atoms with Gasteiger partial charge in [-0.2, -0.15) is 13.2 Å². The molecule has 0 spiro atoms. The Morgan fingerprint density at radius 2 is 1.81 bits per heavy atom. The molecule has 0 aliphatic heterocycles. The number of halogens is 5. The highest BCUT2D eigenvalue weighted by Crippen LogP contribution is 2.38. The maximum absolute atomic E-state index is 14.1. The first-order valence-electron chi connectivity index (χ1n) is 8.94. The first kappa shape index (κ1) is 22.9. The summed E-state index contributed by atoms with van der Waals surface area (Å²) in [6, 6.07) is 1.92. The van der Waals surface area contributed by atoms with Crippen LogP contribution in [0.5, 0.6) is 5.75 Å². The molecule has 0 aromatic heterocycles. The van der Waals surface area contributed by atoms with E-state index in [1.54, 1.807) is 0 Å². The van der Waals surface area contributed by atoms with Gasteiger partial charge in [0.05, 0.1) is 10.5 Å². The predicted octanol–water partition coefficient (Wildman–Crippen LogP) is 3.80. The highest BCUT2D eigenvalue weighted by Gasteiger charge is 2.34. The lowest BCUT2D eigenvalue weighted by Gasteiger charge is -2.28. The summed E-state index contributed by atoms with van der Waals surface area (Å²) in [4.78, 5) is 9.81. The third kappa shape index (κ3) is 5.31. The van der Waals surface area contributed by atoms with Gasteiger partial charge in [0.25, 0.3) is 0 Å². The second kappa shape index (κ2) is 8.42. The summed E-state index contributed by atoms with van der Waals surface area (Å²) in [6.07, 6.45) is -4.01. The fourth-order valence-corrected chi connectivity index (χ4v) is 4.68. The van der Waals surface area contributed by atoms with Crippen LogP contribution in [0.1, 0.15) is 35.6 Å². The topological polar surface area (TPSA) is 92.7 Å². The molecule has 2 N–H and O–H groups in total. The first-order valence-corrected chi connectivity index (χ1v) is 10.4. The Balaban J connectivity index is 1.96. The van der Waals surface area contributed by atoms with Gasteiger partial charge in [-0.25, -0.2) is 26.7 Å². The van der Waals surface area contributed by atoms with Crippen LogP contribution >= 0.6 is 0 Å². The number of ether oxygens (including phenoxy) is 1. The van der Waals surface area contributed by atoms with Crippen molar-refractivity contribution >= 4 is 16.0 Å². The van der Waals surface area contributed by atoms with Crippen LogP contribution in [0, 0.1) is 11.6 Å². The summed E-state index contributed by atoms with van der Waals surface area (Å²) in [5.41, 5.74) is -0.910. The average Bonchev–Trinajstić information content (AvgIpc) is 2.65. The maximum atomic E-state index is 14.1. The number of hydrogen-bond donors (Lipinski definition) is 2. The normalized spacial score (nSPS) is 16.6. The number of fused-ring (bicyclic) bond motifs is 1. The standard InChI is InChI=1S/C19H16F5NO5S/c20-11-4-10(19(22,23)24)5-13(6-11)31(28,29)25-16-3-1-2-14-15(16)7-12(21)8-17(14)30-9-18(26)27/h4-8,16,25H,1-3,9H2,(H,26,27). The van der Waals surface area contributed by atoms with E-state index in [4.69, 9.17) is 9.84 Å². The van der Waals surface area contributed by atoms with Crippen molar-refractivity contribution < 1.29 is 45.0 Å². The molecule has 0 saturated carbocycles. The summed E-state index contributed by atoms with van der Waals surface area (Å²) in [6.45, 7) is -0.740. The molecule has 1 atom stereocenters. The Morgan fingerprint density at radius 3 is 2.45 bits per heavy atom. The fourth-order valence-electron chi connectivity index (χ4n) is 3.38. The smallest absolute Gasteiger partial charge is 0.416 e. The highest BCUT2D eigenvalue weighted by atomic mass is 32.2. The second-order valence-corrected chi connectivity index (χ2v) is 8.61. The number of carboxylic acid groups (broad SMARTS) is 1. The molecule has 0 heterocycles. The van der Waals surface area contributed by atoms with Crippen LogP contribution in [0.4, 0.5) is 22.0 Å². The van der Waals surface area contributed by atoms with E-state index in [2.05, 4.69) is 4.72 Å². The van der Waals surface area contributed by atoms with Gasteiger partial charge in [-0.15, -0.1) is 0 Å². The first-order chi connectivity index (χ1) is 14.4. The summed E-state index contributed by atoms with van der Waals surface area (Å²) in [7, 11) is -4.61. The zero-order valence-corrected chi connectivity index (χ0v) is 16.5. The Morgan fingerprint density at radius 1 is 1.13 bits per heavy atom. The quantitative estimate of drug-likeness (QED) is 0.634. The average molecular weight is 465 g/mol. The van der Waals surface area contributed by atoms with Crippen molar-refractivity contribution in [2.45, 2.75) is 36.4 Å². The number of carboxylic acids is 1. The molecule has 12 heteroatoms. The number of nitrogens with one attached hydrogen (secondary N) is 1. The lowest BCUT2D eigenvalue weighted by Crippen LogP contribution is -2.31. The van der Waals surface area contributed by atoms with Gasteiger partial charge >= 0.3 is 12.1 Å². The van der Waals surface area contributed by atoms with Crippen LogP contribution in [-0.4, -0.2) is 26.1 Å². The zero-order chi connectivity index (χ0) is 23.0. The van der Waals surface area contributed by atoms with Crippen LogP contribution < -0.4 is 9.46 Å². The van der Waals surface area contributed by atoms with Gasteiger partial charge in [-0.05, 0) is 54.7 Å². The fraction of sp³-hybridized carbons (Fsp3) is 0.316. The summed E-state index contributed by atoms with van der Waals surface area (Å²) in [5.74, 6) is -3.55. The van der Waals surface area contributed by atoms with Crippen molar-refractivity contribution in [1.29, 1.82) is 0 Å². The number of alkyl halides is 3. The van der Waals surface area contributed by atoms with Crippen molar-refractivity contribution in [3.8, 4) is 5.75 Å². The Labute approximate surface area is 173 Å². The van der Waals surface area contributed by atoms with Gasteiger partial charge < -0.3 is 9.84 Å². The SMILES string of the molecule is O=C(O)COc1cc(F)cc2c1CCCC2NS(=O)(=O)c1cc(F)cc(C(F)(F)F)c1. The third-order valence-electron chi connectivity index (χ3n) is 4.66. The van der Waals surface area contributed by atoms with E-state index in [0.717, 1.165) is 12.1 Å². The molecular formula is C19H16F5NO5S. The Hall–Kier alpha value is -2.73. The number of sulfonamides is 1. The molecule has 168 valence electrons. The van der Waals surface area contributed by atoms with Crippen LogP contribution in [-0.2, 0) is 27.4 Å². The van der Waals surface area contributed by atoms with Crippen LogP contribution in [0.2, 0.25) is 0 Å². The zero-order valence-electron chi connectivity index (χ0n) is 15.7. The van der Waals surface area contributed by atoms with Crippen molar-refractivity contribution in [3.05, 3.63) is 58.7 Å². The van der Waals surface area contributed by atoms with E-state index >= 15 is 0 Å². The molecule has 1 aliphatic carbocycles. The minimum absolute atomic E-state index is 0.0635. The molecule has 6 nitrogen and oxygen atoms in total. The number of rotatable bonds is 6. The van der Waals surface area contributed by atoms with Crippen molar-refractivity contribution in [1.82, 2.24) is 4.72 Å². The lowest BCUT2D eigenvalue weighted by atomic mass is 9.87. The number of hydrogen-bond acceptors (Lipinski definition) is 4. The molecule has 1 aliphatic rings. The number of aliphatic carboxylic acids is 1. The second-order valence-electron chi connectivity index (χ2n) is 6.89. The maximum Gasteiger partial charge on any atom is 0.416 e. The molecule has 0 amide bonds. The third-order valence-corrected chi connectivity index (χ3v) is 6.11. The largest absolute Gasteiger partial charge is 0.482 e. The molecule has 0 saturated heterocycles.